The van der Waals surface area contributed by atoms with Crippen LogP contribution in [0.1, 0.15) is 47.0 Å². The first-order chi connectivity index (χ1) is 15.9. The number of hydrogen-bond donors (Lipinski definition) is 1. The highest BCUT2D eigenvalue weighted by atomic mass is 16.6. The molecule has 8 nitrogen and oxygen atoms in total. The Morgan fingerprint density at radius 2 is 1.91 bits per heavy atom. The van der Waals surface area contributed by atoms with E-state index in [-0.39, 0.29) is 24.0 Å². The van der Waals surface area contributed by atoms with Crippen LogP contribution >= 0.6 is 0 Å². The predicted molar refractivity (Wildman–Crippen MR) is 123 cm³/mol. The van der Waals surface area contributed by atoms with E-state index in [1.54, 1.807) is 24.3 Å². The van der Waals surface area contributed by atoms with E-state index in [9.17, 15) is 9.59 Å². The molecule has 3 rings (SSSR count). The van der Waals surface area contributed by atoms with Crippen molar-refractivity contribution in [1.29, 1.82) is 0 Å². The average molecular weight is 450 g/mol. The molecule has 0 aliphatic heterocycles. The van der Waals surface area contributed by atoms with Crippen molar-refractivity contribution in [3.8, 4) is 17.2 Å². The van der Waals surface area contributed by atoms with Crippen molar-refractivity contribution in [2.24, 2.45) is 5.10 Å². The third kappa shape index (κ3) is 6.46. The fourth-order valence-corrected chi connectivity index (χ4v) is 2.99. The van der Waals surface area contributed by atoms with Crippen molar-refractivity contribution >= 4 is 18.1 Å². The van der Waals surface area contributed by atoms with Gasteiger partial charge in [0, 0.05) is 0 Å². The number of nitrogens with one attached hydrogen (secondary N) is 1. The van der Waals surface area contributed by atoms with Crippen molar-refractivity contribution in [3.63, 3.8) is 0 Å². The Kier molecular flexibility index (Phi) is 7.86. The van der Waals surface area contributed by atoms with Gasteiger partial charge < -0.3 is 18.6 Å². The largest absolute Gasteiger partial charge is 0.493 e. The van der Waals surface area contributed by atoms with Crippen molar-refractivity contribution in [2.45, 2.75) is 26.7 Å². The number of rotatable bonds is 9. The van der Waals surface area contributed by atoms with E-state index in [2.05, 4.69) is 24.4 Å². The number of methoxy groups -OCH3 is 1. The molecular weight excluding hydrogens is 424 g/mol. The minimum atomic E-state index is -0.638. The molecule has 0 saturated carbocycles. The molecule has 0 unspecified atom stereocenters. The van der Waals surface area contributed by atoms with Gasteiger partial charge in [-0.3, -0.25) is 4.79 Å². The number of hydrazone groups is 1. The summed E-state index contributed by atoms with van der Waals surface area (Å²) in [4.78, 5) is 24.2. The molecule has 8 heteroatoms. The minimum Gasteiger partial charge on any atom is -0.493 e. The highest BCUT2D eigenvalue weighted by Crippen LogP contribution is 2.29. The molecule has 0 fully saturated rings. The summed E-state index contributed by atoms with van der Waals surface area (Å²) in [6.07, 6.45) is 2.83. The molecule has 0 spiro atoms. The summed E-state index contributed by atoms with van der Waals surface area (Å²) in [6, 6.07) is 13.9. The van der Waals surface area contributed by atoms with Crippen LogP contribution in [0.4, 0.5) is 0 Å². The lowest BCUT2D eigenvalue weighted by Gasteiger charge is -2.14. The molecule has 1 amide bonds. The molecule has 3 aromatic rings. The number of hydrogen-bond acceptors (Lipinski definition) is 7. The van der Waals surface area contributed by atoms with E-state index >= 15 is 0 Å². The van der Waals surface area contributed by atoms with Crippen LogP contribution in [0.5, 0.6) is 17.2 Å². The summed E-state index contributed by atoms with van der Waals surface area (Å²) < 4.78 is 21.3. The highest BCUT2D eigenvalue weighted by Gasteiger charge is 2.15. The number of nitrogens with zero attached hydrogens (tertiary/aromatic N) is 1. The van der Waals surface area contributed by atoms with Gasteiger partial charge in [-0.2, -0.15) is 5.10 Å². The smallest absolute Gasteiger partial charge is 0.379 e. The SMILES string of the molecule is COc1cc(C=NNC(=O)COc2cc(C)ccc2C(C)C)ccc1OC(=O)c1ccco1. The summed E-state index contributed by atoms with van der Waals surface area (Å²) in [7, 11) is 1.45. The molecule has 0 atom stereocenters. The molecule has 0 saturated heterocycles. The lowest BCUT2D eigenvalue weighted by Crippen LogP contribution is -2.25. The Hall–Kier alpha value is -4.07. The van der Waals surface area contributed by atoms with E-state index < -0.39 is 11.9 Å². The standard InChI is InChI=1S/C25H26N2O6/c1-16(2)19-9-7-17(3)12-22(19)32-15-24(28)27-26-14-18-8-10-20(23(13-18)30-4)33-25(29)21-6-5-11-31-21/h5-14,16H,15H2,1-4H3,(H,27,28). The first kappa shape index (κ1) is 23.6. The first-order valence-corrected chi connectivity index (χ1v) is 10.4. The normalized spacial score (nSPS) is 10.9. The topological polar surface area (TPSA) is 99.4 Å². The van der Waals surface area contributed by atoms with Gasteiger partial charge in [-0.1, -0.05) is 26.0 Å². The minimum absolute atomic E-state index is 0.0822. The van der Waals surface area contributed by atoms with Gasteiger partial charge in [0.2, 0.25) is 5.76 Å². The molecule has 1 heterocycles. The maximum atomic E-state index is 12.1. The van der Waals surface area contributed by atoms with Gasteiger partial charge in [-0.25, -0.2) is 10.2 Å². The molecule has 0 radical (unpaired) electrons. The number of carbonyl (C=O) groups is 2. The molecule has 0 bridgehead atoms. The summed E-state index contributed by atoms with van der Waals surface area (Å²) >= 11 is 0. The zero-order valence-corrected chi connectivity index (χ0v) is 19.0. The number of furan rings is 1. The van der Waals surface area contributed by atoms with Gasteiger partial charge in [-0.15, -0.1) is 0 Å². The number of benzene rings is 2. The fraction of sp³-hybridized carbons (Fsp3) is 0.240. The van der Waals surface area contributed by atoms with E-state index in [1.165, 1.54) is 25.7 Å². The predicted octanol–water partition coefficient (Wildman–Crippen LogP) is 4.47. The summed E-state index contributed by atoms with van der Waals surface area (Å²) in [5, 5.41) is 3.95. The second-order valence-electron chi connectivity index (χ2n) is 7.55. The lowest BCUT2D eigenvalue weighted by atomic mass is 10.0. The summed E-state index contributed by atoms with van der Waals surface area (Å²) in [6.45, 7) is 5.95. The van der Waals surface area contributed by atoms with Gasteiger partial charge in [0.1, 0.15) is 5.75 Å². The first-order valence-electron chi connectivity index (χ1n) is 10.4. The number of amides is 1. The molecule has 1 aromatic heterocycles. The zero-order valence-electron chi connectivity index (χ0n) is 19.0. The number of carbonyl (C=O) groups excluding carboxylic acids is 2. The second kappa shape index (κ2) is 11.0. The Bertz CT molecular complexity index is 1140. The van der Waals surface area contributed by atoms with E-state index in [4.69, 9.17) is 18.6 Å². The Morgan fingerprint density at radius 3 is 2.61 bits per heavy atom. The molecule has 2 aromatic carbocycles. The Morgan fingerprint density at radius 1 is 1.09 bits per heavy atom. The van der Waals surface area contributed by atoms with Crippen molar-refractivity contribution in [2.75, 3.05) is 13.7 Å². The number of aryl methyl sites for hydroxylation is 1. The summed E-state index contributed by atoms with van der Waals surface area (Å²) in [5.41, 5.74) is 5.16. The monoisotopic (exact) mass is 450 g/mol. The molecule has 33 heavy (non-hydrogen) atoms. The van der Waals surface area contributed by atoms with Gasteiger partial charge >= 0.3 is 5.97 Å². The zero-order chi connectivity index (χ0) is 23.8. The van der Waals surface area contributed by atoms with E-state index in [1.807, 2.05) is 25.1 Å². The molecular formula is C25H26N2O6. The van der Waals surface area contributed by atoms with Crippen LogP contribution in [0, 0.1) is 6.92 Å². The third-order valence-electron chi connectivity index (χ3n) is 4.67. The molecule has 1 N–H and O–H groups in total. The van der Waals surface area contributed by atoms with Crippen LogP contribution in [-0.2, 0) is 4.79 Å². The maximum absolute atomic E-state index is 12.1. The fourth-order valence-electron chi connectivity index (χ4n) is 2.99. The van der Waals surface area contributed by atoms with Crippen LogP contribution < -0.4 is 19.6 Å². The van der Waals surface area contributed by atoms with Gasteiger partial charge in [0.25, 0.3) is 5.91 Å². The van der Waals surface area contributed by atoms with Crippen LogP contribution in [0.15, 0.2) is 64.3 Å². The second-order valence-corrected chi connectivity index (χ2v) is 7.55. The van der Waals surface area contributed by atoms with Crippen LogP contribution in [0.3, 0.4) is 0 Å². The van der Waals surface area contributed by atoms with Crippen LogP contribution in [-0.4, -0.2) is 31.8 Å². The van der Waals surface area contributed by atoms with E-state index in [0.717, 1.165) is 11.1 Å². The van der Waals surface area contributed by atoms with Crippen LogP contribution in [0.25, 0.3) is 0 Å². The number of ether oxygens (including phenoxy) is 3. The van der Waals surface area contributed by atoms with Gasteiger partial charge in [-0.05, 0) is 65.9 Å². The average Bonchev–Trinajstić information content (AvgIpc) is 3.33. The quantitative estimate of drug-likeness (QED) is 0.224. The maximum Gasteiger partial charge on any atom is 0.379 e. The lowest BCUT2D eigenvalue weighted by molar-refractivity contribution is -0.123. The van der Waals surface area contributed by atoms with Crippen molar-refractivity contribution in [3.05, 3.63) is 77.2 Å². The third-order valence-corrected chi connectivity index (χ3v) is 4.67. The Balaban J connectivity index is 1.57. The number of esters is 1. The van der Waals surface area contributed by atoms with Crippen molar-refractivity contribution in [1.82, 2.24) is 5.43 Å². The molecule has 0 aliphatic carbocycles. The van der Waals surface area contributed by atoms with Gasteiger partial charge in [0.05, 0.1) is 19.6 Å². The van der Waals surface area contributed by atoms with E-state index in [0.29, 0.717) is 17.1 Å². The Labute approximate surface area is 192 Å². The molecule has 172 valence electrons. The van der Waals surface area contributed by atoms with Crippen molar-refractivity contribution < 1.29 is 28.2 Å². The van der Waals surface area contributed by atoms with Crippen LogP contribution in [0.2, 0.25) is 0 Å². The highest BCUT2D eigenvalue weighted by molar-refractivity contribution is 5.89. The summed E-state index contributed by atoms with van der Waals surface area (Å²) in [5.74, 6) is 0.576. The van der Waals surface area contributed by atoms with Gasteiger partial charge in [0.15, 0.2) is 18.1 Å². The molecule has 0 aliphatic rings.